The van der Waals surface area contributed by atoms with E-state index < -0.39 is 6.04 Å². The number of unbranched alkanes of at least 4 members (excludes halogenated alkanes) is 1. The van der Waals surface area contributed by atoms with Gasteiger partial charge in [0.1, 0.15) is 6.04 Å². The van der Waals surface area contributed by atoms with E-state index in [1.807, 2.05) is 56.3 Å². The predicted octanol–water partition coefficient (Wildman–Crippen LogP) is 6.65. The smallest absolute Gasteiger partial charge is 0.338 e. The van der Waals surface area contributed by atoms with E-state index >= 15 is 0 Å². The van der Waals surface area contributed by atoms with Gasteiger partial charge in [-0.15, -0.1) is 5.10 Å². The number of allylic oxidation sites excluding steroid dienone is 1. The Bertz CT molecular complexity index is 1310. The molecule has 3 aromatic rings. The first kappa shape index (κ1) is 27.9. The van der Waals surface area contributed by atoms with Crippen molar-refractivity contribution in [2.75, 3.05) is 25.6 Å². The number of rotatable bonds is 12. The third-order valence-electron chi connectivity index (χ3n) is 6.06. The molecule has 1 aromatic heterocycles. The van der Waals surface area contributed by atoms with Gasteiger partial charge in [-0.25, -0.2) is 9.48 Å². The fourth-order valence-electron chi connectivity index (χ4n) is 4.10. The molecule has 38 heavy (non-hydrogen) atoms. The SMILES string of the molecule is CCCCOC(=O)C1=C(C)Nc2nc(SCc3ccccc3Cl)nn2C1c1ccc(OCCC)c(OC)c1. The van der Waals surface area contributed by atoms with Gasteiger partial charge in [0, 0.05) is 16.5 Å². The maximum absolute atomic E-state index is 13.3. The summed E-state index contributed by atoms with van der Waals surface area (Å²) in [5.41, 5.74) is 2.95. The van der Waals surface area contributed by atoms with Crippen molar-refractivity contribution in [2.24, 2.45) is 0 Å². The lowest BCUT2D eigenvalue weighted by atomic mass is 9.95. The summed E-state index contributed by atoms with van der Waals surface area (Å²) in [6, 6.07) is 12.8. The molecular weight excluding hydrogens is 524 g/mol. The molecule has 1 aliphatic heterocycles. The third kappa shape index (κ3) is 6.27. The summed E-state index contributed by atoms with van der Waals surface area (Å²) < 4.78 is 18.9. The number of fused-ring (bicyclic) bond motifs is 1. The van der Waals surface area contributed by atoms with Gasteiger partial charge in [0.15, 0.2) is 11.5 Å². The Labute approximate surface area is 232 Å². The highest BCUT2D eigenvalue weighted by Crippen LogP contribution is 2.40. The summed E-state index contributed by atoms with van der Waals surface area (Å²) in [6.07, 6.45) is 2.61. The van der Waals surface area contributed by atoms with E-state index in [0.29, 0.717) is 57.9 Å². The van der Waals surface area contributed by atoms with Crippen molar-refractivity contribution in [3.63, 3.8) is 0 Å². The average molecular weight is 557 g/mol. The number of hydrogen-bond acceptors (Lipinski definition) is 8. The van der Waals surface area contributed by atoms with E-state index in [-0.39, 0.29) is 5.97 Å². The van der Waals surface area contributed by atoms with Gasteiger partial charge < -0.3 is 19.5 Å². The van der Waals surface area contributed by atoms with Gasteiger partial charge in [-0.2, -0.15) is 4.98 Å². The predicted molar refractivity (Wildman–Crippen MR) is 150 cm³/mol. The largest absolute Gasteiger partial charge is 0.493 e. The summed E-state index contributed by atoms with van der Waals surface area (Å²) in [4.78, 5) is 18.0. The molecular formula is C28H33ClN4O4S. The highest BCUT2D eigenvalue weighted by Gasteiger charge is 2.35. The number of esters is 1. The van der Waals surface area contributed by atoms with Gasteiger partial charge >= 0.3 is 5.97 Å². The second-order valence-corrected chi connectivity index (χ2v) is 10.2. The Balaban J connectivity index is 1.71. The molecule has 2 heterocycles. The van der Waals surface area contributed by atoms with Crippen LogP contribution in [0.15, 0.2) is 58.9 Å². The number of ether oxygens (including phenoxy) is 3. The van der Waals surface area contributed by atoms with Crippen LogP contribution in [0.4, 0.5) is 5.95 Å². The molecule has 0 radical (unpaired) electrons. The highest BCUT2D eigenvalue weighted by molar-refractivity contribution is 7.98. The van der Waals surface area contributed by atoms with Crippen LogP contribution in [0, 0.1) is 0 Å². The molecule has 202 valence electrons. The minimum absolute atomic E-state index is 0.356. The van der Waals surface area contributed by atoms with Crippen molar-refractivity contribution in [2.45, 2.75) is 57.0 Å². The first-order chi connectivity index (χ1) is 18.5. The molecule has 0 saturated heterocycles. The minimum atomic E-state index is -0.559. The lowest BCUT2D eigenvalue weighted by molar-refractivity contribution is -0.139. The first-order valence-corrected chi connectivity index (χ1v) is 14.1. The Morgan fingerprint density at radius 1 is 1.13 bits per heavy atom. The second-order valence-electron chi connectivity index (χ2n) is 8.86. The van der Waals surface area contributed by atoms with Crippen LogP contribution in [0.5, 0.6) is 11.5 Å². The minimum Gasteiger partial charge on any atom is -0.493 e. The number of anilines is 1. The third-order valence-corrected chi connectivity index (χ3v) is 7.32. The molecule has 10 heteroatoms. The van der Waals surface area contributed by atoms with Crippen LogP contribution in [-0.4, -0.2) is 41.1 Å². The number of nitrogens with zero attached hydrogens (tertiary/aromatic N) is 3. The Morgan fingerprint density at radius 3 is 2.68 bits per heavy atom. The first-order valence-electron chi connectivity index (χ1n) is 12.7. The van der Waals surface area contributed by atoms with E-state index in [9.17, 15) is 4.79 Å². The molecule has 1 aliphatic rings. The fraction of sp³-hybridized carbons (Fsp3) is 0.393. The summed E-state index contributed by atoms with van der Waals surface area (Å²) in [7, 11) is 1.60. The monoisotopic (exact) mass is 556 g/mol. The topological polar surface area (TPSA) is 87.5 Å². The van der Waals surface area contributed by atoms with Crippen LogP contribution in [0.3, 0.4) is 0 Å². The van der Waals surface area contributed by atoms with Crippen molar-refractivity contribution < 1.29 is 19.0 Å². The normalized spacial score (nSPS) is 14.6. The summed E-state index contributed by atoms with van der Waals surface area (Å²) in [6.45, 7) is 6.90. The maximum atomic E-state index is 13.3. The maximum Gasteiger partial charge on any atom is 0.338 e. The van der Waals surface area contributed by atoms with Gasteiger partial charge in [0.2, 0.25) is 11.1 Å². The van der Waals surface area contributed by atoms with E-state index in [2.05, 4.69) is 12.2 Å². The van der Waals surface area contributed by atoms with Gasteiger partial charge in [0.25, 0.3) is 0 Å². The molecule has 1 atom stereocenters. The molecule has 0 bridgehead atoms. The molecule has 8 nitrogen and oxygen atoms in total. The number of hydrogen-bond donors (Lipinski definition) is 1. The number of benzene rings is 2. The van der Waals surface area contributed by atoms with E-state index in [0.717, 1.165) is 30.4 Å². The number of thioether (sulfide) groups is 1. The van der Waals surface area contributed by atoms with Gasteiger partial charge in [-0.1, -0.05) is 67.9 Å². The van der Waals surface area contributed by atoms with Crippen LogP contribution in [0.25, 0.3) is 0 Å². The Hall–Kier alpha value is -3.17. The average Bonchev–Trinajstić information content (AvgIpc) is 3.33. The molecule has 0 amide bonds. The molecule has 0 spiro atoms. The van der Waals surface area contributed by atoms with Crippen molar-refractivity contribution in [1.82, 2.24) is 14.8 Å². The van der Waals surface area contributed by atoms with Crippen LogP contribution < -0.4 is 14.8 Å². The zero-order valence-corrected chi connectivity index (χ0v) is 23.7. The number of carbonyl (C=O) groups is 1. The Kier molecular flexibility index (Phi) is 9.58. The summed E-state index contributed by atoms with van der Waals surface area (Å²) >= 11 is 7.82. The zero-order chi connectivity index (χ0) is 27.1. The molecule has 2 aromatic carbocycles. The lowest BCUT2D eigenvalue weighted by Gasteiger charge is -2.28. The van der Waals surface area contributed by atoms with E-state index in [1.54, 1.807) is 11.8 Å². The molecule has 4 rings (SSSR count). The van der Waals surface area contributed by atoms with Crippen LogP contribution in [0.2, 0.25) is 5.02 Å². The van der Waals surface area contributed by atoms with Crippen LogP contribution in [-0.2, 0) is 15.3 Å². The molecule has 1 N–H and O–H groups in total. The number of methoxy groups -OCH3 is 1. The molecule has 1 unspecified atom stereocenters. The van der Waals surface area contributed by atoms with Crippen molar-refractivity contribution in [3.8, 4) is 11.5 Å². The molecule has 0 saturated carbocycles. The molecule has 0 fully saturated rings. The van der Waals surface area contributed by atoms with Crippen molar-refractivity contribution in [3.05, 3.63) is 69.9 Å². The summed E-state index contributed by atoms with van der Waals surface area (Å²) in [5, 5.41) is 9.32. The molecule has 0 aliphatic carbocycles. The standard InChI is InChI=1S/C28H33ClN4O4S/c1-5-7-15-37-26(34)24-18(3)30-27-31-28(38-17-20-10-8-9-11-21(20)29)32-33(27)25(24)19-12-13-22(36-14-6-2)23(16-19)35-4/h8-13,16,25H,5-7,14-15,17H2,1-4H3,(H,30,31,32). The highest BCUT2D eigenvalue weighted by atomic mass is 35.5. The fourth-order valence-corrected chi connectivity index (χ4v) is 5.21. The van der Waals surface area contributed by atoms with Gasteiger partial charge in [0.05, 0.1) is 25.9 Å². The Morgan fingerprint density at radius 2 is 1.95 bits per heavy atom. The van der Waals surface area contributed by atoms with E-state index in [4.69, 9.17) is 35.9 Å². The van der Waals surface area contributed by atoms with Gasteiger partial charge in [-0.3, -0.25) is 0 Å². The van der Waals surface area contributed by atoms with Gasteiger partial charge in [-0.05, 0) is 49.1 Å². The van der Waals surface area contributed by atoms with Crippen LogP contribution >= 0.6 is 23.4 Å². The quantitative estimate of drug-likeness (QED) is 0.151. The number of nitrogens with one attached hydrogen (secondary N) is 1. The van der Waals surface area contributed by atoms with E-state index in [1.165, 1.54) is 11.8 Å². The zero-order valence-electron chi connectivity index (χ0n) is 22.1. The lowest BCUT2D eigenvalue weighted by Crippen LogP contribution is -2.29. The number of carbonyl (C=O) groups excluding carboxylic acids is 1. The van der Waals surface area contributed by atoms with Crippen molar-refractivity contribution >= 4 is 35.3 Å². The summed E-state index contributed by atoms with van der Waals surface area (Å²) in [5.74, 6) is 2.01. The van der Waals surface area contributed by atoms with Crippen LogP contribution in [0.1, 0.15) is 57.2 Å². The number of halogens is 1. The van der Waals surface area contributed by atoms with Crippen molar-refractivity contribution in [1.29, 1.82) is 0 Å². The number of aromatic nitrogens is 3. The second kappa shape index (κ2) is 13.1.